The number of carboxylic acid groups (broad SMARTS) is 1. The van der Waals surface area contributed by atoms with E-state index in [1.165, 1.54) is 0 Å². The van der Waals surface area contributed by atoms with Crippen LogP contribution in [0, 0.1) is 6.92 Å². The third-order valence-electron chi connectivity index (χ3n) is 3.60. The number of aromatic hydroxyl groups is 1. The topological polar surface area (TPSA) is 73.7 Å². The van der Waals surface area contributed by atoms with E-state index in [0.29, 0.717) is 12.2 Å². The second-order valence-electron chi connectivity index (χ2n) is 5.14. The van der Waals surface area contributed by atoms with Crippen molar-refractivity contribution in [3.8, 4) is 5.75 Å². The van der Waals surface area contributed by atoms with Crippen molar-refractivity contribution in [3.05, 3.63) is 23.5 Å². The number of carbonyl (C=O) groups is 1. The van der Waals surface area contributed by atoms with Gasteiger partial charge in [0.05, 0.1) is 12.1 Å². The van der Waals surface area contributed by atoms with Crippen molar-refractivity contribution in [3.63, 3.8) is 0 Å². The number of aliphatic carboxylic acids is 1. The lowest BCUT2D eigenvalue weighted by Crippen LogP contribution is -2.40. The molecule has 0 aromatic carbocycles. The van der Waals surface area contributed by atoms with Gasteiger partial charge < -0.3 is 10.2 Å². The van der Waals surface area contributed by atoms with Crippen LogP contribution in [0.1, 0.15) is 37.1 Å². The van der Waals surface area contributed by atoms with E-state index in [0.717, 1.165) is 31.5 Å². The monoisotopic (exact) mass is 264 g/mol. The van der Waals surface area contributed by atoms with Gasteiger partial charge in [-0.15, -0.1) is 0 Å². The van der Waals surface area contributed by atoms with E-state index < -0.39 is 5.97 Å². The van der Waals surface area contributed by atoms with Crippen LogP contribution in [0.5, 0.6) is 5.75 Å². The quantitative estimate of drug-likeness (QED) is 0.869. The molecule has 1 fully saturated rings. The summed E-state index contributed by atoms with van der Waals surface area (Å²) in [6.45, 7) is 3.27. The van der Waals surface area contributed by atoms with Crippen molar-refractivity contribution in [2.24, 2.45) is 0 Å². The summed E-state index contributed by atoms with van der Waals surface area (Å²) in [7, 11) is 0. The first-order valence-electron chi connectivity index (χ1n) is 6.67. The third kappa shape index (κ3) is 3.67. The summed E-state index contributed by atoms with van der Waals surface area (Å²) in [4.78, 5) is 17.4. The van der Waals surface area contributed by atoms with Gasteiger partial charge >= 0.3 is 5.97 Å². The van der Waals surface area contributed by atoms with Gasteiger partial charge in [0.15, 0.2) is 0 Å². The fourth-order valence-corrected chi connectivity index (χ4v) is 2.61. The van der Waals surface area contributed by atoms with Gasteiger partial charge in [-0.3, -0.25) is 14.7 Å². The van der Waals surface area contributed by atoms with Crippen molar-refractivity contribution < 1.29 is 15.0 Å². The van der Waals surface area contributed by atoms with Gasteiger partial charge in [0.2, 0.25) is 0 Å². The molecule has 2 heterocycles. The van der Waals surface area contributed by atoms with Crippen LogP contribution in [0.25, 0.3) is 0 Å². The van der Waals surface area contributed by atoms with Crippen LogP contribution in [0.4, 0.5) is 0 Å². The lowest BCUT2D eigenvalue weighted by molar-refractivity contribution is -0.138. The number of carboxylic acids is 1. The maximum Gasteiger partial charge on any atom is 0.304 e. The average Bonchev–Trinajstić information content (AvgIpc) is 2.35. The number of piperidine rings is 1. The highest BCUT2D eigenvalue weighted by Gasteiger charge is 2.25. The molecule has 1 aromatic heterocycles. The Bertz CT molecular complexity index is 462. The minimum atomic E-state index is -0.765. The van der Waals surface area contributed by atoms with Crippen LogP contribution in [-0.4, -0.2) is 38.7 Å². The first-order valence-corrected chi connectivity index (χ1v) is 6.67. The number of hydrogen-bond donors (Lipinski definition) is 2. The zero-order valence-corrected chi connectivity index (χ0v) is 11.2. The molecule has 2 N–H and O–H groups in total. The molecule has 1 atom stereocenters. The average molecular weight is 264 g/mol. The molecule has 0 amide bonds. The van der Waals surface area contributed by atoms with Gasteiger partial charge in [-0.25, -0.2) is 0 Å². The number of hydrogen-bond acceptors (Lipinski definition) is 4. The molecule has 0 saturated carbocycles. The highest BCUT2D eigenvalue weighted by atomic mass is 16.4. The van der Waals surface area contributed by atoms with Crippen LogP contribution in [0.15, 0.2) is 12.1 Å². The summed E-state index contributed by atoms with van der Waals surface area (Å²) >= 11 is 0. The van der Waals surface area contributed by atoms with E-state index in [4.69, 9.17) is 5.11 Å². The number of aromatic nitrogens is 1. The number of likely N-dealkylation sites (tertiary alicyclic amines) is 1. The molecular formula is C14H20N2O3. The number of rotatable bonds is 4. The Labute approximate surface area is 112 Å². The zero-order valence-electron chi connectivity index (χ0n) is 11.2. The molecule has 0 spiro atoms. The second kappa shape index (κ2) is 6.02. The number of aryl methyl sites for hydroxylation is 1. The summed E-state index contributed by atoms with van der Waals surface area (Å²) in [5, 5.41) is 18.8. The maximum absolute atomic E-state index is 10.9. The van der Waals surface area contributed by atoms with Gasteiger partial charge in [0.1, 0.15) is 5.75 Å². The Morgan fingerprint density at radius 3 is 3.00 bits per heavy atom. The van der Waals surface area contributed by atoms with Crippen molar-refractivity contribution >= 4 is 5.97 Å². The van der Waals surface area contributed by atoms with Crippen LogP contribution in [0.3, 0.4) is 0 Å². The SMILES string of the molecule is Cc1ccc(O)c(CN2CCCCC2CC(=O)O)n1. The molecule has 1 aliphatic rings. The van der Waals surface area contributed by atoms with Crippen molar-refractivity contribution in [1.82, 2.24) is 9.88 Å². The largest absolute Gasteiger partial charge is 0.506 e. The van der Waals surface area contributed by atoms with E-state index >= 15 is 0 Å². The van der Waals surface area contributed by atoms with E-state index in [-0.39, 0.29) is 18.2 Å². The fourth-order valence-electron chi connectivity index (χ4n) is 2.61. The molecule has 1 saturated heterocycles. The summed E-state index contributed by atoms with van der Waals surface area (Å²) in [6, 6.07) is 3.46. The van der Waals surface area contributed by atoms with E-state index in [9.17, 15) is 9.90 Å². The van der Waals surface area contributed by atoms with Crippen molar-refractivity contribution in [2.75, 3.05) is 6.54 Å². The van der Waals surface area contributed by atoms with Gasteiger partial charge in [-0.2, -0.15) is 0 Å². The van der Waals surface area contributed by atoms with E-state index in [2.05, 4.69) is 9.88 Å². The molecule has 5 heteroatoms. The first kappa shape index (κ1) is 13.8. The van der Waals surface area contributed by atoms with Gasteiger partial charge in [0, 0.05) is 18.3 Å². The second-order valence-corrected chi connectivity index (χ2v) is 5.14. The van der Waals surface area contributed by atoms with Crippen LogP contribution in [0.2, 0.25) is 0 Å². The van der Waals surface area contributed by atoms with Crippen LogP contribution < -0.4 is 0 Å². The van der Waals surface area contributed by atoms with E-state index in [1.54, 1.807) is 12.1 Å². The Balaban J connectivity index is 2.10. The molecule has 2 rings (SSSR count). The highest BCUT2D eigenvalue weighted by Crippen LogP contribution is 2.24. The van der Waals surface area contributed by atoms with Gasteiger partial charge in [0.25, 0.3) is 0 Å². The Kier molecular flexibility index (Phi) is 4.37. The molecule has 104 valence electrons. The molecule has 19 heavy (non-hydrogen) atoms. The molecule has 0 bridgehead atoms. The summed E-state index contributed by atoms with van der Waals surface area (Å²) in [5.74, 6) is -0.580. The molecule has 1 aromatic rings. The standard InChI is InChI=1S/C14H20N2O3/c1-10-5-6-13(17)12(15-10)9-16-7-3-2-4-11(16)8-14(18)19/h5-6,11,17H,2-4,7-9H2,1H3,(H,18,19). The minimum absolute atomic E-state index is 0.0490. The molecule has 0 radical (unpaired) electrons. The lowest BCUT2D eigenvalue weighted by Gasteiger charge is -2.34. The molecule has 0 aliphatic carbocycles. The molecular weight excluding hydrogens is 244 g/mol. The smallest absolute Gasteiger partial charge is 0.304 e. The molecule has 1 unspecified atom stereocenters. The predicted octanol–water partition coefficient (Wildman–Crippen LogP) is 1.92. The zero-order chi connectivity index (χ0) is 13.8. The van der Waals surface area contributed by atoms with Crippen LogP contribution in [-0.2, 0) is 11.3 Å². The summed E-state index contributed by atoms with van der Waals surface area (Å²) in [6.07, 6.45) is 3.20. The first-order chi connectivity index (χ1) is 9.06. The Morgan fingerprint density at radius 2 is 2.26 bits per heavy atom. The van der Waals surface area contributed by atoms with Crippen LogP contribution >= 0.6 is 0 Å². The van der Waals surface area contributed by atoms with Crippen molar-refractivity contribution in [2.45, 2.75) is 45.2 Å². The fraction of sp³-hybridized carbons (Fsp3) is 0.571. The Morgan fingerprint density at radius 1 is 1.47 bits per heavy atom. The van der Waals surface area contributed by atoms with Gasteiger partial charge in [-0.05, 0) is 38.4 Å². The minimum Gasteiger partial charge on any atom is -0.506 e. The third-order valence-corrected chi connectivity index (χ3v) is 3.60. The number of pyridine rings is 1. The normalized spacial score (nSPS) is 20.4. The van der Waals surface area contributed by atoms with E-state index in [1.807, 2.05) is 6.92 Å². The number of nitrogens with zero attached hydrogens (tertiary/aromatic N) is 2. The van der Waals surface area contributed by atoms with Gasteiger partial charge in [-0.1, -0.05) is 6.42 Å². The summed E-state index contributed by atoms with van der Waals surface area (Å²) in [5.41, 5.74) is 1.50. The summed E-state index contributed by atoms with van der Waals surface area (Å²) < 4.78 is 0. The molecule has 5 nitrogen and oxygen atoms in total. The highest BCUT2D eigenvalue weighted by molar-refractivity contribution is 5.67. The predicted molar refractivity (Wildman–Crippen MR) is 70.9 cm³/mol. The maximum atomic E-state index is 10.9. The molecule has 1 aliphatic heterocycles. The lowest BCUT2D eigenvalue weighted by atomic mass is 9.99. The Hall–Kier alpha value is -1.62. The van der Waals surface area contributed by atoms with Crippen molar-refractivity contribution in [1.29, 1.82) is 0 Å².